The summed E-state index contributed by atoms with van der Waals surface area (Å²) in [5, 5.41) is 0. The van der Waals surface area contributed by atoms with Crippen molar-refractivity contribution in [1.29, 1.82) is 0 Å². The topological polar surface area (TPSA) is 52.6 Å². The molecule has 26 heavy (non-hydrogen) atoms. The van der Waals surface area contributed by atoms with Crippen LogP contribution in [0.1, 0.15) is 31.8 Å². The number of carbonyl (C=O) groups excluding carboxylic acids is 2. The summed E-state index contributed by atoms with van der Waals surface area (Å²) in [4.78, 5) is 23.2. The van der Waals surface area contributed by atoms with E-state index in [1.165, 1.54) is 7.11 Å². The fraction of sp³-hybridized carbons (Fsp3) is 0.0909. The zero-order chi connectivity index (χ0) is 18.4. The molecule has 0 heterocycles. The highest BCUT2D eigenvalue weighted by molar-refractivity contribution is 6.08. The molecule has 0 unspecified atom stereocenters. The Labute approximate surface area is 152 Å². The minimum Gasteiger partial charge on any atom is -0.493 e. The van der Waals surface area contributed by atoms with Crippen LogP contribution in [0.5, 0.6) is 11.5 Å². The van der Waals surface area contributed by atoms with Crippen molar-refractivity contribution in [2.75, 3.05) is 7.11 Å². The van der Waals surface area contributed by atoms with E-state index in [9.17, 15) is 9.59 Å². The molecule has 4 heteroatoms. The molecule has 0 atom stereocenters. The van der Waals surface area contributed by atoms with Crippen molar-refractivity contribution in [3.05, 3.63) is 95.1 Å². The summed E-state index contributed by atoms with van der Waals surface area (Å²) < 4.78 is 11.0. The number of methoxy groups -OCH3 is 1. The summed E-state index contributed by atoms with van der Waals surface area (Å²) in [5.74, 6) is 1.05. The van der Waals surface area contributed by atoms with Gasteiger partial charge in [0.25, 0.3) is 0 Å². The average molecular weight is 346 g/mol. The SMILES string of the molecule is COc1cc(C=O)ccc1OCc1ccc(C(=O)c2ccccc2)cc1. The third-order valence-electron chi connectivity index (χ3n) is 3.97. The summed E-state index contributed by atoms with van der Waals surface area (Å²) in [7, 11) is 1.53. The number of ether oxygens (including phenoxy) is 2. The maximum Gasteiger partial charge on any atom is 0.193 e. The van der Waals surface area contributed by atoms with Gasteiger partial charge >= 0.3 is 0 Å². The summed E-state index contributed by atoms with van der Waals surface area (Å²) in [6.07, 6.45) is 0.759. The number of hydrogen-bond acceptors (Lipinski definition) is 4. The van der Waals surface area contributed by atoms with Crippen molar-refractivity contribution in [3.63, 3.8) is 0 Å². The third kappa shape index (κ3) is 3.98. The number of ketones is 1. The molecule has 0 fully saturated rings. The van der Waals surface area contributed by atoms with Crippen molar-refractivity contribution in [1.82, 2.24) is 0 Å². The molecule has 3 rings (SSSR count). The Morgan fingerprint density at radius 2 is 1.58 bits per heavy atom. The molecule has 3 aromatic carbocycles. The Bertz CT molecular complexity index is 899. The largest absolute Gasteiger partial charge is 0.493 e. The lowest BCUT2D eigenvalue weighted by Crippen LogP contribution is -2.02. The molecule has 3 aromatic rings. The first-order valence-electron chi connectivity index (χ1n) is 8.16. The first kappa shape index (κ1) is 17.4. The van der Waals surface area contributed by atoms with Gasteiger partial charge in [0.2, 0.25) is 0 Å². The highest BCUT2D eigenvalue weighted by atomic mass is 16.5. The number of rotatable bonds is 7. The number of carbonyl (C=O) groups is 2. The van der Waals surface area contributed by atoms with Crippen molar-refractivity contribution < 1.29 is 19.1 Å². The van der Waals surface area contributed by atoms with Crippen LogP contribution in [0, 0.1) is 0 Å². The van der Waals surface area contributed by atoms with Gasteiger partial charge in [-0.1, -0.05) is 54.6 Å². The van der Waals surface area contributed by atoms with Gasteiger partial charge in [-0.3, -0.25) is 9.59 Å². The zero-order valence-electron chi connectivity index (χ0n) is 14.3. The lowest BCUT2D eigenvalue weighted by atomic mass is 10.0. The molecule has 130 valence electrons. The van der Waals surface area contributed by atoms with Crippen LogP contribution < -0.4 is 9.47 Å². The summed E-state index contributed by atoms with van der Waals surface area (Å²) >= 11 is 0. The first-order valence-corrected chi connectivity index (χ1v) is 8.16. The van der Waals surface area contributed by atoms with Gasteiger partial charge in [-0.05, 0) is 23.8 Å². The standard InChI is InChI=1S/C22H18O4/c1-25-21-13-17(14-23)9-12-20(21)26-15-16-7-10-19(11-8-16)22(24)18-5-3-2-4-6-18/h2-14H,15H2,1H3. The van der Waals surface area contributed by atoms with Gasteiger partial charge in [-0.2, -0.15) is 0 Å². The Hall–Kier alpha value is -3.40. The van der Waals surface area contributed by atoms with E-state index in [1.807, 2.05) is 30.3 Å². The maximum atomic E-state index is 12.4. The van der Waals surface area contributed by atoms with E-state index in [4.69, 9.17) is 9.47 Å². The second-order valence-corrected chi connectivity index (χ2v) is 5.71. The van der Waals surface area contributed by atoms with Crippen molar-refractivity contribution >= 4 is 12.1 Å². The molecule has 0 saturated heterocycles. The molecule has 0 radical (unpaired) electrons. The van der Waals surface area contributed by atoms with Crippen LogP contribution in [-0.2, 0) is 6.61 Å². The Morgan fingerprint density at radius 1 is 0.885 bits per heavy atom. The van der Waals surface area contributed by atoms with Gasteiger partial charge in [-0.25, -0.2) is 0 Å². The molecule has 0 amide bonds. The Morgan fingerprint density at radius 3 is 2.23 bits per heavy atom. The molecule has 0 aliphatic rings. The number of aldehydes is 1. The second-order valence-electron chi connectivity index (χ2n) is 5.71. The fourth-order valence-corrected chi connectivity index (χ4v) is 2.55. The first-order chi connectivity index (χ1) is 12.7. The Balaban J connectivity index is 1.68. The van der Waals surface area contributed by atoms with Crippen LogP contribution in [0.25, 0.3) is 0 Å². The fourth-order valence-electron chi connectivity index (χ4n) is 2.55. The van der Waals surface area contributed by atoms with Gasteiger partial charge in [0, 0.05) is 16.7 Å². The van der Waals surface area contributed by atoms with Crippen LogP contribution in [0.2, 0.25) is 0 Å². The van der Waals surface area contributed by atoms with Crippen molar-refractivity contribution in [3.8, 4) is 11.5 Å². The molecule has 4 nitrogen and oxygen atoms in total. The van der Waals surface area contributed by atoms with Crippen LogP contribution in [0.15, 0.2) is 72.8 Å². The van der Waals surface area contributed by atoms with Crippen molar-refractivity contribution in [2.45, 2.75) is 6.61 Å². The molecular formula is C22H18O4. The Kier molecular flexibility index (Phi) is 5.44. The predicted octanol–water partition coefficient (Wildman–Crippen LogP) is 4.32. The van der Waals surface area contributed by atoms with E-state index in [-0.39, 0.29) is 5.78 Å². The van der Waals surface area contributed by atoms with Gasteiger partial charge < -0.3 is 9.47 Å². The number of hydrogen-bond donors (Lipinski definition) is 0. The van der Waals surface area contributed by atoms with Gasteiger partial charge in [-0.15, -0.1) is 0 Å². The van der Waals surface area contributed by atoms with E-state index < -0.39 is 0 Å². The van der Waals surface area contributed by atoms with Gasteiger partial charge in [0.05, 0.1) is 7.11 Å². The average Bonchev–Trinajstić information content (AvgIpc) is 2.72. The normalized spacial score (nSPS) is 10.2. The van der Waals surface area contributed by atoms with E-state index in [0.29, 0.717) is 34.8 Å². The minimum atomic E-state index is -0.0100. The third-order valence-corrected chi connectivity index (χ3v) is 3.97. The van der Waals surface area contributed by atoms with E-state index in [1.54, 1.807) is 42.5 Å². The minimum absolute atomic E-state index is 0.0100. The molecule has 0 aliphatic carbocycles. The van der Waals surface area contributed by atoms with Crippen LogP contribution >= 0.6 is 0 Å². The van der Waals surface area contributed by atoms with Crippen molar-refractivity contribution in [2.24, 2.45) is 0 Å². The molecule has 0 N–H and O–H groups in total. The van der Waals surface area contributed by atoms with Crippen LogP contribution in [-0.4, -0.2) is 19.2 Å². The van der Waals surface area contributed by atoms with Gasteiger partial charge in [0.1, 0.15) is 12.9 Å². The summed E-state index contributed by atoms with van der Waals surface area (Å²) in [6.45, 7) is 0.330. The lowest BCUT2D eigenvalue weighted by Gasteiger charge is -2.11. The lowest BCUT2D eigenvalue weighted by molar-refractivity contribution is 0.103. The predicted molar refractivity (Wildman–Crippen MR) is 99.0 cm³/mol. The molecule has 0 aromatic heterocycles. The molecule has 0 saturated carbocycles. The maximum absolute atomic E-state index is 12.4. The second kappa shape index (κ2) is 8.12. The molecular weight excluding hydrogens is 328 g/mol. The molecule has 0 spiro atoms. The monoisotopic (exact) mass is 346 g/mol. The quantitative estimate of drug-likeness (QED) is 0.472. The van der Waals surface area contributed by atoms with E-state index >= 15 is 0 Å². The number of benzene rings is 3. The zero-order valence-corrected chi connectivity index (χ0v) is 14.3. The van der Waals surface area contributed by atoms with Gasteiger partial charge in [0.15, 0.2) is 17.3 Å². The van der Waals surface area contributed by atoms with Crippen LogP contribution in [0.4, 0.5) is 0 Å². The summed E-state index contributed by atoms with van der Waals surface area (Å²) in [6, 6.07) is 21.5. The van der Waals surface area contributed by atoms with E-state index in [2.05, 4.69) is 0 Å². The highest BCUT2D eigenvalue weighted by Gasteiger charge is 2.09. The smallest absolute Gasteiger partial charge is 0.193 e. The molecule has 0 bridgehead atoms. The molecule has 0 aliphatic heterocycles. The van der Waals surface area contributed by atoms with E-state index in [0.717, 1.165) is 11.8 Å². The van der Waals surface area contributed by atoms with Crippen LogP contribution in [0.3, 0.4) is 0 Å². The summed E-state index contributed by atoms with van der Waals surface area (Å²) in [5.41, 5.74) is 2.75. The highest BCUT2D eigenvalue weighted by Crippen LogP contribution is 2.28.